The van der Waals surface area contributed by atoms with Crippen molar-refractivity contribution in [2.24, 2.45) is 0 Å². The molecule has 20 heavy (non-hydrogen) atoms. The first-order valence-electron chi connectivity index (χ1n) is 6.50. The predicted molar refractivity (Wildman–Crippen MR) is 74.5 cm³/mol. The maximum absolute atomic E-state index is 12.0. The number of nitrogens with zero attached hydrogens (tertiary/aromatic N) is 1. The van der Waals surface area contributed by atoms with Gasteiger partial charge in [-0.1, -0.05) is 0 Å². The van der Waals surface area contributed by atoms with Gasteiger partial charge < -0.3 is 15.4 Å². The van der Waals surface area contributed by atoms with Crippen molar-refractivity contribution < 1.29 is 14.3 Å². The van der Waals surface area contributed by atoms with Crippen LogP contribution in [0.25, 0.3) is 0 Å². The van der Waals surface area contributed by atoms with Gasteiger partial charge in [-0.2, -0.15) is 0 Å². The van der Waals surface area contributed by atoms with Gasteiger partial charge in [0.05, 0.1) is 11.4 Å². The Labute approximate surface area is 117 Å². The summed E-state index contributed by atoms with van der Waals surface area (Å²) in [7, 11) is 0. The third kappa shape index (κ3) is 3.46. The molecule has 0 saturated heterocycles. The lowest BCUT2D eigenvalue weighted by Crippen LogP contribution is -2.49. The number of nitrogens with one attached hydrogen (secondary N) is 2. The fourth-order valence-electron chi connectivity index (χ4n) is 1.94. The minimum Gasteiger partial charge on any atom is -0.444 e. The van der Waals surface area contributed by atoms with Gasteiger partial charge in [-0.05, 0) is 39.3 Å². The first-order chi connectivity index (χ1) is 9.24. The van der Waals surface area contributed by atoms with Crippen LogP contribution in [0, 0.1) is 6.92 Å². The Bertz CT molecular complexity index is 549. The maximum atomic E-state index is 12.0. The highest BCUT2D eigenvalue weighted by molar-refractivity contribution is 5.99. The van der Waals surface area contributed by atoms with Crippen molar-refractivity contribution in [2.45, 2.75) is 45.8 Å². The molecule has 0 bridgehead atoms. The lowest BCUT2D eigenvalue weighted by atomic mass is 10.0. The number of carbonyl (C=O) groups excluding carboxylic acids is 2. The van der Waals surface area contributed by atoms with E-state index in [-0.39, 0.29) is 5.91 Å². The van der Waals surface area contributed by atoms with E-state index in [9.17, 15) is 9.59 Å². The van der Waals surface area contributed by atoms with Crippen LogP contribution in [-0.2, 0) is 16.0 Å². The van der Waals surface area contributed by atoms with Crippen LogP contribution < -0.4 is 10.6 Å². The van der Waals surface area contributed by atoms with Gasteiger partial charge >= 0.3 is 6.09 Å². The summed E-state index contributed by atoms with van der Waals surface area (Å²) < 4.78 is 5.15. The van der Waals surface area contributed by atoms with Crippen molar-refractivity contribution in [1.82, 2.24) is 10.3 Å². The lowest BCUT2D eigenvalue weighted by Gasteiger charge is -2.26. The summed E-state index contributed by atoms with van der Waals surface area (Å²) in [5.41, 5.74) is 1.85. The normalized spacial score (nSPS) is 18.0. The molecule has 0 unspecified atom stereocenters. The van der Waals surface area contributed by atoms with Gasteiger partial charge in [0.25, 0.3) is 0 Å². The van der Waals surface area contributed by atoms with E-state index in [1.54, 1.807) is 27.0 Å². The van der Waals surface area contributed by atoms with E-state index in [0.717, 1.165) is 11.3 Å². The average molecular weight is 277 g/mol. The summed E-state index contributed by atoms with van der Waals surface area (Å²) in [5.74, 6) is -0.254. The van der Waals surface area contributed by atoms with Crippen LogP contribution in [0.5, 0.6) is 0 Å². The number of hydrogen-bond donors (Lipinski definition) is 2. The minimum atomic E-state index is -0.660. The Balaban J connectivity index is 2.06. The highest BCUT2D eigenvalue weighted by atomic mass is 16.6. The number of rotatable bonds is 1. The molecule has 0 radical (unpaired) electrons. The Morgan fingerprint density at radius 2 is 2.20 bits per heavy atom. The van der Waals surface area contributed by atoms with E-state index >= 15 is 0 Å². The van der Waals surface area contributed by atoms with Gasteiger partial charge in [0.2, 0.25) is 5.91 Å². The van der Waals surface area contributed by atoms with Crippen LogP contribution in [0.15, 0.2) is 12.3 Å². The van der Waals surface area contributed by atoms with Crippen LogP contribution in [0.2, 0.25) is 0 Å². The monoisotopic (exact) mass is 277 g/mol. The van der Waals surface area contributed by atoms with Crippen molar-refractivity contribution in [3.8, 4) is 0 Å². The van der Waals surface area contributed by atoms with Crippen molar-refractivity contribution in [1.29, 1.82) is 0 Å². The van der Waals surface area contributed by atoms with E-state index in [1.807, 2.05) is 13.0 Å². The zero-order valence-electron chi connectivity index (χ0n) is 12.1. The van der Waals surface area contributed by atoms with Gasteiger partial charge in [-0.15, -0.1) is 0 Å². The maximum Gasteiger partial charge on any atom is 0.408 e. The molecule has 2 N–H and O–H groups in total. The lowest BCUT2D eigenvalue weighted by molar-refractivity contribution is -0.118. The third-order valence-electron chi connectivity index (χ3n) is 2.77. The Kier molecular flexibility index (Phi) is 3.65. The second kappa shape index (κ2) is 5.11. The molecule has 2 rings (SSSR count). The second-order valence-corrected chi connectivity index (χ2v) is 5.90. The zero-order valence-corrected chi connectivity index (χ0v) is 12.1. The number of alkyl carbamates (subject to hydrolysis) is 1. The molecule has 1 aromatic heterocycles. The number of ether oxygens (including phenoxy) is 1. The quantitative estimate of drug-likeness (QED) is 0.820. The highest BCUT2D eigenvalue weighted by Crippen LogP contribution is 2.21. The molecule has 6 heteroatoms. The molecule has 1 atom stereocenters. The number of aryl methyl sites for hydroxylation is 1. The van der Waals surface area contributed by atoms with E-state index in [0.29, 0.717) is 12.1 Å². The van der Waals surface area contributed by atoms with Crippen LogP contribution >= 0.6 is 0 Å². The standard InChI is InChI=1S/C14H19N3O3/c1-8-5-10-9(15-7-8)6-11(12(18)16-10)17-13(19)20-14(2,3)4/h5,7,11H,6H2,1-4H3,(H,16,18)(H,17,19)/t11-/m1/s1. The van der Waals surface area contributed by atoms with Gasteiger partial charge in [-0.25, -0.2) is 4.79 Å². The van der Waals surface area contributed by atoms with Crippen LogP contribution in [0.4, 0.5) is 10.5 Å². The summed E-state index contributed by atoms with van der Waals surface area (Å²) in [4.78, 5) is 27.9. The van der Waals surface area contributed by atoms with Crippen LogP contribution in [0.3, 0.4) is 0 Å². The first kappa shape index (κ1) is 14.3. The van der Waals surface area contributed by atoms with Gasteiger partial charge in [0.15, 0.2) is 0 Å². The third-order valence-corrected chi connectivity index (χ3v) is 2.77. The second-order valence-electron chi connectivity index (χ2n) is 5.90. The SMILES string of the molecule is Cc1cnc2c(c1)NC(=O)[C@H](NC(=O)OC(C)(C)C)C2. The molecule has 2 heterocycles. The number of carbonyl (C=O) groups is 2. The Morgan fingerprint density at radius 3 is 2.85 bits per heavy atom. The zero-order chi connectivity index (χ0) is 14.9. The summed E-state index contributed by atoms with van der Waals surface area (Å²) in [6.07, 6.45) is 1.50. The molecule has 0 saturated carbocycles. The first-order valence-corrected chi connectivity index (χ1v) is 6.50. The molecule has 0 spiro atoms. The topological polar surface area (TPSA) is 80.3 Å². The average Bonchev–Trinajstić information content (AvgIpc) is 2.28. The van der Waals surface area contributed by atoms with E-state index in [1.165, 1.54) is 0 Å². The van der Waals surface area contributed by atoms with E-state index in [4.69, 9.17) is 4.74 Å². The Hall–Kier alpha value is -2.11. The highest BCUT2D eigenvalue weighted by Gasteiger charge is 2.29. The summed E-state index contributed by atoms with van der Waals surface area (Å²) in [5, 5.41) is 5.31. The molecule has 1 aliphatic rings. The van der Waals surface area contributed by atoms with Crippen molar-refractivity contribution in [3.63, 3.8) is 0 Å². The number of pyridine rings is 1. The van der Waals surface area contributed by atoms with E-state index < -0.39 is 17.7 Å². The van der Waals surface area contributed by atoms with Crippen molar-refractivity contribution in [2.75, 3.05) is 5.32 Å². The van der Waals surface area contributed by atoms with Crippen LogP contribution in [-0.4, -0.2) is 28.6 Å². The molecule has 2 amide bonds. The molecule has 0 aromatic carbocycles. The van der Waals surface area contributed by atoms with Gasteiger partial charge in [-0.3, -0.25) is 9.78 Å². The molecule has 6 nitrogen and oxygen atoms in total. The van der Waals surface area contributed by atoms with Gasteiger partial charge in [0, 0.05) is 12.6 Å². The minimum absolute atomic E-state index is 0.254. The fraction of sp³-hybridized carbons (Fsp3) is 0.500. The van der Waals surface area contributed by atoms with Crippen molar-refractivity contribution in [3.05, 3.63) is 23.5 Å². The summed E-state index contributed by atoms with van der Waals surface area (Å²) in [6.45, 7) is 7.22. The van der Waals surface area contributed by atoms with E-state index in [2.05, 4.69) is 15.6 Å². The predicted octanol–water partition coefficient (Wildman–Crippen LogP) is 1.78. The van der Waals surface area contributed by atoms with Crippen LogP contribution in [0.1, 0.15) is 32.0 Å². The molecule has 1 aromatic rings. The summed E-state index contributed by atoms with van der Waals surface area (Å²) >= 11 is 0. The number of amides is 2. The molecular formula is C14H19N3O3. The smallest absolute Gasteiger partial charge is 0.408 e. The van der Waals surface area contributed by atoms with Crippen molar-refractivity contribution >= 4 is 17.7 Å². The number of fused-ring (bicyclic) bond motifs is 1. The van der Waals surface area contributed by atoms with Gasteiger partial charge in [0.1, 0.15) is 11.6 Å². The molecule has 1 aliphatic heterocycles. The molecule has 0 fully saturated rings. The fourth-order valence-corrected chi connectivity index (χ4v) is 1.94. The summed E-state index contributed by atoms with van der Waals surface area (Å²) in [6, 6.07) is 1.21. The number of hydrogen-bond acceptors (Lipinski definition) is 4. The molecule has 108 valence electrons. The Morgan fingerprint density at radius 1 is 1.50 bits per heavy atom. The molecular weight excluding hydrogens is 258 g/mol. The largest absolute Gasteiger partial charge is 0.444 e. The number of aromatic nitrogens is 1. The molecule has 0 aliphatic carbocycles. The number of anilines is 1.